The van der Waals surface area contributed by atoms with Crippen molar-refractivity contribution in [1.29, 1.82) is 0 Å². The summed E-state index contributed by atoms with van der Waals surface area (Å²) in [6.07, 6.45) is 8.10. The minimum atomic E-state index is 0.198. The van der Waals surface area contributed by atoms with Gasteiger partial charge in [-0.15, -0.1) is 0 Å². The van der Waals surface area contributed by atoms with E-state index in [-0.39, 0.29) is 5.91 Å². The van der Waals surface area contributed by atoms with Crippen molar-refractivity contribution in [2.75, 3.05) is 13.1 Å². The lowest BCUT2D eigenvalue weighted by molar-refractivity contribution is -0.132. The first-order valence-electron chi connectivity index (χ1n) is 8.18. The number of likely N-dealkylation sites (tertiary alicyclic amines) is 1. The van der Waals surface area contributed by atoms with Gasteiger partial charge in [-0.25, -0.2) is 0 Å². The van der Waals surface area contributed by atoms with Crippen LogP contribution in [0.1, 0.15) is 42.3 Å². The molecule has 6 nitrogen and oxygen atoms in total. The quantitative estimate of drug-likeness (QED) is 0.867. The first kappa shape index (κ1) is 15.6. The molecule has 0 N–H and O–H groups in total. The smallest absolute Gasteiger partial charge is 0.224 e. The predicted octanol–water partition coefficient (Wildman–Crippen LogP) is 2.09. The molecule has 0 saturated carbocycles. The number of carbonyl (C=O) groups excluding carboxylic acids is 1. The first-order valence-corrected chi connectivity index (χ1v) is 8.18. The summed E-state index contributed by atoms with van der Waals surface area (Å²) in [5, 5.41) is 4.33. The number of hydrogen-bond donors (Lipinski definition) is 0. The van der Waals surface area contributed by atoms with Gasteiger partial charge in [0.25, 0.3) is 0 Å². The van der Waals surface area contributed by atoms with Crippen LogP contribution in [0.3, 0.4) is 0 Å². The Hall–Kier alpha value is -2.24. The molecule has 0 radical (unpaired) electrons. The fourth-order valence-corrected chi connectivity index (χ4v) is 3.08. The van der Waals surface area contributed by atoms with Gasteiger partial charge in [0, 0.05) is 50.6 Å². The summed E-state index contributed by atoms with van der Waals surface area (Å²) in [4.78, 5) is 23.2. The minimum absolute atomic E-state index is 0.198. The summed E-state index contributed by atoms with van der Waals surface area (Å²) in [5.74, 6) is 0.496. The van der Waals surface area contributed by atoms with Crippen molar-refractivity contribution in [3.8, 4) is 0 Å². The largest absolute Gasteiger partial charge is 0.342 e. The van der Waals surface area contributed by atoms with E-state index >= 15 is 0 Å². The van der Waals surface area contributed by atoms with Crippen LogP contribution in [0.4, 0.5) is 0 Å². The van der Waals surface area contributed by atoms with Crippen molar-refractivity contribution in [3.63, 3.8) is 0 Å². The van der Waals surface area contributed by atoms with Gasteiger partial charge in [0.1, 0.15) is 0 Å². The van der Waals surface area contributed by atoms with Crippen LogP contribution in [0.2, 0.25) is 0 Å². The molecule has 23 heavy (non-hydrogen) atoms. The fourth-order valence-electron chi connectivity index (χ4n) is 3.08. The average molecular weight is 313 g/mol. The number of hydrogen-bond acceptors (Lipinski definition) is 4. The number of aryl methyl sites for hydroxylation is 3. The van der Waals surface area contributed by atoms with Gasteiger partial charge in [0.15, 0.2) is 0 Å². The monoisotopic (exact) mass is 313 g/mol. The second-order valence-electron chi connectivity index (χ2n) is 6.23. The van der Waals surface area contributed by atoms with Gasteiger partial charge in [0.2, 0.25) is 5.91 Å². The Morgan fingerprint density at radius 2 is 2.17 bits per heavy atom. The zero-order chi connectivity index (χ0) is 16.2. The predicted molar refractivity (Wildman–Crippen MR) is 86.9 cm³/mol. The van der Waals surface area contributed by atoms with E-state index in [2.05, 4.69) is 15.1 Å². The third-order valence-electron chi connectivity index (χ3n) is 4.29. The normalized spacial score (nSPS) is 18.2. The van der Waals surface area contributed by atoms with Crippen LogP contribution < -0.4 is 0 Å². The van der Waals surface area contributed by atoms with Crippen molar-refractivity contribution in [2.24, 2.45) is 0 Å². The standard InChI is InChI=1S/C17H23N5O/c1-13-5-8-22(20-13)9-6-17(23)21-7-3-4-15(12-21)16-11-18-10-14(2)19-16/h5,8,10-11,15H,3-4,6-7,9,12H2,1-2H3. The molecule has 1 aliphatic heterocycles. The Labute approximate surface area is 136 Å². The van der Waals surface area contributed by atoms with Gasteiger partial charge in [-0.2, -0.15) is 5.10 Å². The molecule has 1 atom stereocenters. The maximum absolute atomic E-state index is 12.5. The summed E-state index contributed by atoms with van der Waals surface area (Å²) in [7, 11) is 0. The lowest BCUT2D eigenvalue weighted by Gasteiger charge is -2.32. The van der Waals surface area contributed by atoms with Crippen molar-refractivity contribution < 1.29 is 4.79 Å². The molecular formula is C17H23N5O. The molecule has 1 fully saturated rings. The molecule has 2 aromatic rings. The number of aromatic nitrogens is 4. The zero-order valence-electron chi connectivity index (χ0n) is 13.8. The number of rotatable bonds is 4. The van der Waals surface area contributed by atoms with Crippen LogP contribution in [0, 0.1) is 13.8 Å². The molecule has 0 spiro atoms. The van der Waals surface area contributed by atoms with Gasteiger partial charge in [0.05, 0.1) is 17.1 Å². The molecule has 0 bridgehead atoms. The number of amides is 1. The van der Waals surface area contributed by atoms with Crippen molar-refractivity contribution in [1.82, 2.24) is 24.6 Å². The van der Waals surface area contributed by atoms with E-state index in [4.69, 9.17) is 0 Å². The van der Waals surface area contributed by atoms with Crippen LogP contribution in [0.25, 0.3) is 0 Å². The van der Waals surface area contributed by atoms with Crippen LogP contribution >= 0.6 is 0 Å². The summed E-state index contributed by atoms with van der Waals surface area (Å²) < 4.78 is 1.83. The third kappa shape index (κ3) is 3.94. The molecule has 0 aromatic carbocycles. The lowest BCUT2D eigenvalue weighted by Crippen LogP contribution is -2.39. The van der Waals surface area contributed by atoms with E-state index in [9.17, 15) is 4.79 Å². The molecule has 1 amide bonds. The summed E-state index contributed by atoms with van der Waals surface area (Å²) >= 11 is 0. The van der Waals surface area contributed by atoms with Crippen LogP contribution in [-0.4, -0.2) is 43.6 Å². The Balaban J connectivity index is 1.58. The van der Waals surface area contributed by atoms with Gasteiger partial charge in [-0.05, 0) is 32.8 Å². The van der Waals surface area contributed by atoms with E-state index in [1.54, 1.807) is 6.20 Å². The molecule has 3 heterocycles. The second kappa shape index (κ2) is 6.89. The van der Waals surface area contributed by atoms with Gasteiger partial charge in [-0.3, -0.25) is 19.4 Å². The topological polar surface area (TPSA) is 63.9 Å². The second-order valence-corrected chi connectivity index (χ2v) is 6.23. The maximum Gasteiger partial charge on any atom is 0.224 e. The van der Waals surface area contributed by atoms with Gasteiger partial charge >= 0.3 is 0 Å². The van der Waals surface area contributed by atoms with Crippen LogP contribution in [-0.2, 0) is 11.3 Å². The number of piperidine rings is 1. The molecule has 6 heteroatoms. The molecule has 1 aliphatic rings. The molecule has 122 valence electrons. The van der Waals surface area contributed by atoms with Crippen LogP contribution in [0.15, 0.2) is 24.7 Å². The SMILES string of the molecule is Cc1cncc(C2CCCN(C(=O)CCn3ccc(C)n3)C2)n1. The van der Waals surface area contributed by atoms with E-state index in [1.807, 2.05) is 41.9 Å². The summed E-state index contributed by atoms with van der Waals surface area (Å²) in [5.41, 5.74) is 2.92. The first-order chi connectivity index (χ1) is 11.1. The number of carbonyl (C=O) groups is 1. The van der Waals surface area contributed by atoms with E-state index < -0.39 is 0 Å². The van der Waals surface area contributed by atoms with Crippen molar-refractivity contribution in [3.05, 3.63) is 41.7 Å². The number of nitrogens with zero attached hydrogens (tertiary/aromatic N) is 5. The van der Waals surface area contributed by atoms with Gasteiger partial charge in [-0.1, -0.05) is 0 Å². The highest BCUT2D eigenvalue weighted by atomic mass is 16.2. The van der Waals surface area contributed by atoms with Crippen molar-refractivity contribution in [2.45, 2.75) is 45.6 Å². The van der Waals surface area contributed by atoms with E-state index in [0.717, 1.165) is 43.0 Å². The Morgan fingerprint density at radius 3 is 2.91 bits per heavy atom. The highest BCUT2D eigenvalue weighted by Crippen LogP contribution is 2.25. The minimum Gasteiger partial charge on any atom is -0.342 e. The zero-order valence-corrected chi connectivity index (χ0v) is 13.8. The molecule has 2 aromatic heterocycles. The summed E-state index contributed by atoms with van der Waals surface area (Å²) in [6, 6.07) is 1.96. The fraction of sp³-hybridized carbons (Fsp3) is 0.529. The molecule has 3 rings (SSSR count). The molecular weight excluding hydrogens is 290 g/mol. The highest BCUT2D eigenvalue weighted by molar-refractivity contribution is 5.76. The van der Waals surface area contributed by atoms with Crippen LogP contribution in [0.5, 0.6) is 0 Å². The Morgan fingerprint density at radius 1 is 1.30 bits per heavy atom. The molecule has 1 unspecified atom stereocenters. The lowest BCUT2D eigenvalue weighted by atomic mass is 9.94. The summed E-state index contributed by atoms with van der Waals surface area (Å²) in [6.45, 7) is 6.13. The van der Waals surface area contributed by atoms with Gasteiger partial charge < -0.3 is 4.90 Å². The highest BCUT2D eigenvalue weighted by Gasteiger charge is 2.25. The average Bonchev–Trinajstić information content (AvgIpc) is 2.98. The van der Waals surface area contributed by atoms with Crippen molar-refractivity contribution >= 4 is 5.91 Å². The van der Waals surface area contributed by atoms with E-state index in [0.29, 0.717) is 18.9 Å². The third-order valence-corrected chi connectivity index (χ3v) is 4.29. The maximum atomic E-state index is 12.5. The Kier molecular flexibility index (Phi) is 4.69. The molecule has 0 aliphatic carbocycles. The molecule has 1 saturated heterocycles. The van der Waals surface area contributed by atoms with E-state index in [1.165, 1.54) is 0 Å². The Bertz CT molecular complexity index is 681.